The van der Waals surface area contributed by atoms with Gasteiger partial charge in [-0.3, -0.25) is 0 Å². The van der Waals surface area contributed by atoms with Gasteiger partial charge in [0.05, 0.1) is 0 Å². The highest BCUT2D eigenvalue weighted by Crippen LogP contribution is 2.19. The molecule has 86 valence electrons. The van der Waals surface area contributed by atoms with Crippen molar-refractivity contribution in [1.29, 1.82) is 0 Å². The van der Waals surface area contributed by atoms with E-state index in [-0.39, 0.29) is 6.03 Å². The Morgan fingerprint density at radius 1 is 1.44 bits per heavy atom. The third-order valence-electron chi connectivity index (χ3n) is 2.58. The van der Waals surface area contributed by atoms with Crippen LogP contribution in [-0.4, -0.2) is 19.1 Å². The van der Waals surface area contributed by atoms with E-state index in [1.54, 1.807) is 7.05 Å². The molecule has 0 aromatic heterocycles. The highest BCUT2D eigenvalue weighted by Gasteiger charge is 2.19. The largest absolute Gasteiger partial charge is 0.341 e. The molecule has 1 fully saturated rings. The second-order valence-electron chi connectivity index (χ2n) is 4.06. The van der Waals surface area contributed by atoms with Crippen molar-refractivity contribution in [2.45, 2.75) is 25.4 Å². The average molecular weight is 219 g/mol. The average Bonchev–Trinajstić information content (AvgIpc) is 3.10. The van der Waals surface area contributed by atoms with E-state index in [2.05, 4.69) is 22.0 Å². The second-order valence-corrected chi connectivity index (χ2v) is 4.06. The summed E-state index contributed by atoms with van der Waals surface area (Å²) in [5.41, 5.74) is 2.02. The summed E-state index contributed by atoms with van der Waals surface area (Å²) in [6, 6.07) is 8.41. The zero-order valence-corrected chi connectivity index (χ0v) is 9.42. The Hall–Kier alpha value is -1.55. The lowest BCUT2D eigenvalue weighted by Crippen LogP contribution is -2.24. The summed E-state index contributed by atoms with van der Waals surface area (Å²) in [5.74, 6) is 0. The van der Waals surface area contributed by atoms with Crippen LogP contribution < -0.4 is 16.0 Å². The molecule has 4 heteroatoms. The van der Waals surface area contributed by atoms with Crippen LogP contribution in [0.1, 0.15) is 18.4 Å². The van der Waals surface area contributed by atoms with Gasteiger partial charge in [0, 0.05) is 25.3 Å². The third-order valence-corrected chi connectivity index (χ3v) is 2.58. The Balaban J connectivity index is 1.92. The number of amides is 2. The Bertz CT molecular complexity index is 374. The molecule has 1 aromatic carbocycles. The zero-order chi connectivity index (χ0) is 11.4. The summed E-state index contributed by atoms with van der Waals surface area (Å²) < 4.78 is 0. The van der Waals surface area contributed by atoms with Crippen LogP contribution in [0.15, 0.2) is 24.3 Å². The fourth-order valence-electron chi connectivity index (χ4n) is 1.50. The predicted molar refractivity (Wildman–Crippen MR) is 64.4 cm³/mol. The Morgan fingerprint density at radius 3 is 2.94 bits per heavy atom. The molecule has 0 bridgehead atoms. The van der Waals surface area contributed by atoms with E-state index in [9.17, 15) is 4.79 Å². The lowest BCUT2D eigenvalue weighted by molar-refractivity contribution is 0.254. The van der Waals surface area contributed by atoms with E-state index in [1.165, 1.54) is 18.4 Å². The highest BCUT2D eigenvalue weighted by atomic mass is 16.2. The fraction of sp³-hybridized carbons (Fsp3) is 0.417. The molecule has 0 saturated heterocycles. The maximum absolute atomic E-state index is 11.1. The number of hydrogen-bond acceptors (Lipinski definition) is 2. The van der Waals surface area contributed by atoms with E-state index in [1.807, 2.05) is 18.2 Å². The van der Waals surface area contributed by atoms with Crippen LogP contribution in [0.25, 0.3) is 0 Å². The number of carbonyl (C=O) groups is 1. The van der Waals surface area contributed by atoms with Gasteiger partial charge in [0.1, 0.15) is 0 Å². The van der Waals surface area contributed by atoms with Gasteiger partial charge in [0.2, 0.25) is 0 Å². The summed E-state index contributed by atoms with van der Waals surface area (Å²) in [4.78, 5) is 11.1. The topological polar surface area (TPSA) is 53.2 Å². The number of rotatable bonds is 4. The van der Waals surface area contributed by atoms with E-state index in [4.69, 9.17) is 0 Å². The fourth-order valence-corrected chi connectivity index (χ4v) is 1.50. The van der Waals surface area contributed by atoms with Crippen molar-refractivity contribution in [3.63, 3.8) is 0 Å². The minimum Gasteiger partial charge on any atom is -0.341 e. The first-order valence-corrected chi connectivity index (χ1v) is 5.59. The third kappa shape index (κ3) is 3.24. The molecule has 16 heavy (non-hydrogen) atoms. The molecule has 0 spiro atoms. The summed E-state index contributed by atoms with van der Waals surface area (Å²) in [5, 5.41) is 8.72. The van der Waals surface area contributed by atoms with Crippen LogP contribution in [0.2, 0.25) is 0 Å². The molecule has 4 nitrogen and oxygen atoms in total. The number of hydrogen-bond donors (Lipinski definition) is 3. The molecule has 2 rings (SSSR count). The molecule has 0 aliphatic heterocycles. The van der Waals surface area contributed by atoms with Crippen LogP contribution in [0.3, 0.4) is 0 Å². The van der Waals surface area contributed by atoms with E-state index >= 15 is 0 Å². The number of anilines is 1. The molecule has 2 amide bonds. The molecule has 1 aliphatic carbocycles. The van der Waals surface area contributed by atoms with Gasteiger partial charge in [-0.2, -0.15) is 0 Å². The van der Waals surface area contributed by atoms with Gasteiger partial charge in [0.25, 0.3) is 0 Å². The predicted octanol–water partition coefficient (Wildman–Crippen LogP) is 1.69. The summed E-state index contributed by atoms with van der Waals surface area (Å²) in [7, 11) is 1.60. The Morgan fingerprint density at radius 2 is 2.25 bits per heavy atom. The van der Waals surface area contributed by atoms with Gasteiger partial charge in [-0.15, -0.1) is 0 Å². The van der Waals surface area contributed by atoms with Crippen LogP contribution in [0.4, 0.5) is 10.5 Å². The molecule has 0 atom stereocenters. The van der Waals surface area contributed by atoms with E-state index in [0.717, 1.165) is 12.2 Å². The van der Waals surface area contributed by atoms with Crippen LogP contribution in [0, 0.1) is 0 Å². The molecule has 3 N–H and O–H groups in total. The first kappa shape index (κ1) is 11.0. The normalized spacial score (nSPS) is 14.6. The Labute approximate surface area is 95.4 Å². The van der Waals surface area contributed by atoms with E-state index < -0.39 is 0 Å². The quantitative estimate of drug-likeness (QED) is 0.721. The van der Waals surface area contributed by atoms with Crippen LogP contribution in [-0.2, 0) is 6.54 Å². The smallest absolute Gasteiger partial charge is 0.318 e. The van der Waals surface area contributed by atoms with Crippen molar-refractivity contribution < 1.29 is 4.79 Å². The first-order valence-electron chi connectivity index (χ1n) is 5.59. The van der Waals surface area contributed by atoms with E-state index in [0.29, 0.717) is 6.04 Å². The maximum atomic E-state index is 11.1. The molecule has 0 unspecified atom stereocenters. The van der Waals surface area contributed by atoms with Gasteiger partial charge in [-0.25, -0.2) is 4.79 Å². The van der Waals surface area contributed by atoms with Crippen LogP contribution >= 0.6 is 0 Å². The molecular weight excluding hydrogens is 202 g/mol. The Kier molecular flexibility index (Phi) is 3.41. The minimum absolute atomic E-state index is 0.188. The van der Waals surface area contributed by atoms with Crippen molar-refractivity contribution >= 4 is 11.7 Å². The lowest BCUT2D eigenvalue weighted by atomic mass is 10.2. The van der Waals surface area contributed by atoms with Crippen molar-refractivity contribution in [2.24, 2.45) is 0 Å². The van der Waals surface area contributed by atoms with Gasteiger partial charge >= 0.3 is 6.03 Å². The van der Waals surface area contributed by atoms with Crippen LogP contribution in [0.5, 0.6) is 0 Å². The molecular formula is C12H17N3O. The van der Waals surface area contributed by atoms with Crippen molar-refractivity contribution in [2.75, 3.05) is 12.4 Å². The van der Waals surface area contributed by atoms with Gasteiger partial charge < -0.3 is 16.0 Å². The zero-order valence-electron chi connectivity index (χ0n) is 9.42. The van der Waals surface area contributed by atoms with Gasteiger partial charge in [-0.05, 0) is 30.5 Å². The molecule has 1 aliphatic rings. The molecule has 1 aromatic rings. The molecule has 1 saturated carbocycles. The summed E-state index contributed by atoms with van der Waals surface area (Å²) >= 11 is 0. The number of nitrogens with one attached hydrogen (secondary N) is 3. The van der Waals surface area contributed by atoms with Crippen molar-refractivity contribution in [3.05, 3.63) is 29.8 Å². The lowest BCUT2D eigenvalue weighted by Gasteiger charge is -2.07. The monoisotopic (exact) mass is 219 g/mol. The maximum Gasteiger partial charge on any atom is 0.318 e. The molecule has 0 radical (unpaired) electrons. The minimum atomic E-state index is -0.188. The first-order chi connectivity index (χ1) is 7.78. The summed E-state index contributed by atoms with van der Waals surface area (Å²) in [6.45, 7) is 0.869. The number of benzene rings is 1. The SMILES string of the molecule is CNC(=O)Nc1cccc(CNC2CC2)c1. The van der Waals surface area contributed by atoms with Gasteiger partial charge in [-0.1, -0.05) is 12.1 Å². The highest BCUT2D eigenvalue weighted by molar-refractivity contribution is 5.89. The molecule has 0 heterocycles. The number of urea groups is 1. The number of carbonyl (C=O) groups excluding carboxylic acids is 1. The summed E-state index contributed by atoms with van der Waals surface area (Å²) in [6.07, 6.45) is 2.58. The van der Waals surface area contributed by atoms with Gasteiger partial charge in [0.15, 0.2) is 0 Å². The van der Waals surface area contributed by atoms with Crippen molar-refractivity contribution in [3.8, 4) is 0 Å². The van der Waals surface area contributed by atoms with Crippen molar-refractivity contribution in [1.82, 2.24) is 10.6 Å². The standard InChI is InChI=1S/C12H17N3O/c1-13-12(16)15-11-4-2-3-9(7-11)8-14-10-5-6-10/h2-4,7,10,14H,5-6,8H2,1H3,(H2,13,15,16). The second kappa shape index (κ2) is 4.99.